The van der Waals surface area contributed by atoms with Gasteiger partial charge in [0.05, 0.1) is 24.0 Å². The molecular weight excluding hydrogens is 369 g/mol. The molecule has 1 aliphatic heterocycles. The maximum absolute atomic E-state index is 13.7. The zero-order valence-electron chi connectivity index (χ0n) is 14.2. The lowest BCUT2D eigenvalue weighted by atomic mass is 10.1. The van der Waals surface area contributed by atoms with Crippen molar-refractivity contribution < 1.29 is 4.39 Å². The summed E-state index contributed by atoms with van der Waals surface area (Å²) >= 11 is 6.25. The Labute approximate surface area is 158 Å². The second kappa shape index (κ2) is 6.31. The van der Waals surface area contributed by atoms with Gasteiger partial charge in [0.25, 0.3) is 0 Å². The van der Waals surface area contributed by atoms with Crippen LogP contribution in [0.25, 0.3) is 17.0 Å². The standard InChI is InChI=1S/C18H15ClFN7/c19-16-12(8-11(20)9-23-16)14-2-1-6-26(14)15-3-7-27-18(25-15)13(10-24-27)17-21-4-5-22-17/h3-5,7-10,14H,1-2,6H2,(H,21,22)/t14-/m1/s1. The van der Waals surface area contributed by atoms with Crippen LogP contribution in [0.3, 0.4) is 0 Å². The van der Waals surface area contributed by atoms with Gasteiger partial charge >= 0.3 is 0 Å². The number of hydrogen-bond donors (Lipinski definition) is 1. The van der Waals surface area contributed by atoms with Crippen LogP contribution in [0.2, 0.25) is 5.15 Å². The third-order valence-electron chi connectivity index (χ3n) is 4.85. The van der Waals surface area contributed by atoms with Crippen LogP contribution in [-0.2, 0) is 0 Å². The first-order chi connectivity index (χ1) is 13.2. The second-order valence-corrected chi connectivity index (χ2v) is 6.79. The van der Waals surface area contributed by atoms with Crippen LogP contribution < -0.4 is 4.90 Å². The van der Waals surface area contributed by atoms with Crippen LogP contribution in [0, 0.1) is 5.82 Å². The SMILES string of the molecule is Fc1cnc(Cl)c([C@H]2CCCN2c2ccn3ncc(-c4ncc[nH]4)c3n2)c1. The smallest absolute Gasteiger partial charge is 0.168 e. The molecule has 7 nitrogen and oxygen atoms in total. The van der Waals surface area contributed by atoms with E-state index in [2.05, 4.69) is 25.0 Å². The molecule has 1 aliphatic rings. The van der Waals surface area contributed by atoms with E-state index in [1.165, 1.54) is 6.07 Å². The van der Waals surface area contributed by atoms with Crippen LogP contribution >= 0.6 is 11.6 Å². The van der Waals surface area contributed by atoms with E-state index >= 15 is 0 Å². The Bertz CT molecular complexity index is 1110. The van der Waals surface area contributed by atoms with Crippen molar-refractivity contribution in [3.8, 4) is 11.4 Å². The third kappa shape index (κ3) is 2.73. The molecule has 0 aliphatic carbocycles. The van der Waals surface area contributed by atoms with Gasteiger partial charge in [-0.2, -0.15) is 5.10 Å². The van der Waals surface area contributed by atoms with E-state index < -0.39 is 0 Å². The van der Waals surface area contributed by atoms with Gasteiger partial charge < -0.3 is 9.88 Å². The van der Waals surface area contributed by atoms with Crippen LogP contribution in [-0.4, -0.2) is 36.1 Å². The highest BCUT2D eigenvalue weighted by Gasteiger charge is 2.30. The van der Waals surface area contributed by atoms with Gasteiger partial charge in [0.15, 0.2) is 5.65 Å². The summed E-state index contributed by atoms with van der Waals surface area (Å²) in [7, 11) is 0. The number of nitrogens with zero attached hydrogens (tertiary/aromatic N) is 6. The quantitative estimate of drug-likeness (QED) is 0.546. The Hall–Kier alpha value is -3.00. The molecule has 0 spiro atoms. The molecule has 9 heteroatoms. The Morgan fingerprint density at radius 1 is 1.26 bits per heavy atom. The minimum atomic E-state index is -0.388. The van der Waals surface area contributed by atoms with Gasteiger partial charge in [0.1, 0.15) is 22.6 Å². The summed E-state index contributed by atoms with van der Waals surface area (Å²) in [6.45, 7) is 0.810. The second-order valence-electron chi connectivity index (χ2n) is 6.43. The molecule has 0 bridgehead atoms. The van der Waals surface area contributed by atoms with E-state index in [1.54, 1.807) is 23.1 Å². The minimum absolute atomic E-state index is 0.0642. The third-order valence-corrected chi connectivity index (χ3v) is 5.16. The molecule has 5 rings (SSSR count). The fourth-order valence-electron chi connectivity index (χ4n) is 3.64. The monoisotopic (exact) mass is 383 g/mol. The number of nitrogens with one attached hydrogen (secondary N) is 1. The van der Waals surface area contributed by atoms with Gasteiger partial charge in [0, 0.05) is 30.7 Å². The maximum atomic E-state index is 13.7. The fraction of sp³-hybridized carbons (Fsp3) is 0.222. The molecule has 1 N–H and O–H groups in total. The Kier molecular flexibility index (Phi) is 3.78. The van der Waals surface area contributed by atoms with Crippen molar-refractivity contribution in [3.63, 3.8) is 0 Å². The van der Waals surface area contributed by atoms with Gasteiger partial charge in [0.2, 0.25) is 0 Å². The molecule has 0 saturated carbocycles. The van der Waals surface area contributed by atoms with Crippen molar-refractivity contribution in [1.82, 2.24) is 29.5 Å². The molecule has 1 fully saturated rings. The number of rotatable bonds is 3. The van der Waals surface area contributed by atoms with E-state index in [9.17, 15) is 4.39 Å². The number of pyridine rings is 1. The van der Waals surface area contributed by atoms with E-state index in [1.807, 2.05) is 12.3 Å². The molecule has 0 aromatic carbocycles. The fourth-order valence-corrected chi connectivity index (χ4v) is 3.86. The Balaban J connectivity index is 1.58. The van der Waals surface area contributed by atoms with E-state index in [0.717, 1.165) is 37.0 Å². The number of imidazole rings is 1. The molecule has 1 saturated heterocycles. The van der Waals surface area contributed by atoms with Crippen LogP contribution in [0.4, 0.5) is 10.2 Å². The number of hydrogen-bond acceptors (Lipinski definition) is 5. The molecule has 4 aromatic heterocycles. The predicted octanol–water partition coefficient (Wildman–Crippen LogP) is 3.65. The van der Waals surface area contributed by atoms with Crippen LogP contribution in [0.15, 0.2) is 43.1 Å². The van der Waals surface area contributed by atoms with Gasteiger partial charge in [-0.1, -0.05) is 11.6 Å². The number of halogens is 2. The lowest BCUT2D eigenvalue weighted by molar-refractivity contribution is 0.610. The summed E-state index contributed by atoms with van der Waals surface area (Å²) in [4.78, 5) is 18.3. The molecule has 5 heterocycles. The average molecular weight is 384 g/mol. The largest absolute Gasteiger partial charge is 0.349 e. The average Bonchev–Trinajstić information content (AvgIpc) is 3.42. The normalized spacial score (nSPS) is 17.1. The Morgan fingerprint density at radius 2 is 2.19 bits per heavy atom. The highest BCUT2D eigenvalue weighted by molar-refractivity contribution is 6.30. The van der Waals surface area contributed by atoms with Gasteiger partial charge in [-0.25, -0.2) is 23.9 Å². The zero-order valence-corrected chi connectivity index (χ0v) is 14.9. The maximum Gasteiger partial charge on any atom is 0.168 e. The molecule has 0 unspecified atom stereocenters. The summed E-state index contributed by atoms with van der Waals surface area (Å²) in [6, 6.07) is 3.31. The van der Waals surface area contributed by atoms with E-state index in [0.29, 0.717) is 22.2 Å². The van der Waals surface area contributed by atoms with Crippen molar-refractivity contribution in [3.05, 3.63) is 59.7 Å². The number of aromatic amines is 1. The van der Waals surface area contributed by atoms with Crippen LogP contribution in [0.5, 0.6) is 0 Å². The topological polar surface area (TPSA) is 75.0 Å². The summed E-state index contributed by atoms with van der Waals surface area (Å²) in [6.07, 6.45) is 10.0. The van der Waals surface area contributed by atoms with Crippen LogP contribution in [0.1, 0.15) is 24.4 Å². The lowest BCUT2D eigenvalue weighted by Crippen LogP contribution is -2.24. The number of H-pyrrole nitrogens is 1. The first-order valence-corrected chi connectivity index (χ1v) is 9.00. The highest BCUT2D eigenvalue weighted by atomic mass is 35.5. The van der Waals surface area contributed by atoms with Gasteiger partial charge in [-0.05, 0) is 25.0 Å². The number of fused-ring (bicyclic) bond motifs is 1. The molecule has 0 radical (unpaired) electrons. The predicted molar refractivity (Wildman–Crippen MR) is 99.1 cm³/mol. The Morgan fingerprint density at radius 3 is 3.04 bits per heavy atom. The molecule has 4 aromatic rings. The summed E-state index contributed by atoms with van der Waals surface area (Å²) in [5.74, 6) is 1.11. The van der Waals surface area contributed by atoms with Crippen molar-refractivity contribution in [2.75, 3.05) is 11.4 Å². The lowest BCUT2D eigenvalue weighted by Gasteiger charge is -2.26. The zero-order chi connectivity index (χ0) is 18.4. The molecule has 136 valence electrons. The summed E-state index contributed by atoms with van der Waals surface area (Å²) in [5, 5.41) is 4.67. The van der Waals surface area contributed by atoms with Crippen molar-refractivity contribution in [2.24, 2.45) is 0 Å². The molecule has 0 amide bonds. The van der Waals surface area contributed by atoms with Gasteiger partial charge in [-0.3, -0.25) is 0 Å². The molecular formula is C18H15ClFN7. The summed E-state index contributed by atoms with van der Waals surface area (Å²) in [5.41, 5.74) is 2.22. The molecule has 1 atom stereocenters. The van der Waals surface area contributed by atoms with E-state index in [4.69, 9.17) is 16.6 Å². The summed E-state index contributed by atoms with van der Waals surface area (Å²) < 4.78 is 15.4. The molecule has 27 heavy (non-hydrogen) atoms. The van der Waals surface area contributed by atoms with Crippen molar-refractivity contribution in [2.45, 2.75) is 18.9 Å². The van der Waals surface area contributed by atoms with E-state index in [-0.39, 0.29) is 11.9 Å². The highest BCUT2D eigenvalue weighted by Crippen LogP contribution is 2.38. The van der Waals surface area contributed by atoms with Gasteiger partial charge in [-0.15, -0.1) is 0 Å². The number of anilines is 1. The first-order valence-electron chi connectivity index (χ1n) is 8.62. The first kappa shape index (κ1) is 16.2. The van der Waals surface area contributed by atoms with Crippen molar-refractivity contribution in [1.29, 1.82) is 0 Å². The number of aromatic nitrogens is 6. The minimum Gasteiger partial charge on any atom is -0.349 e. The van der Waals surface area contributed by atoms with Crippen molar-refractivity contribution >= 4 is 23.1 Å².